The van der Waals surface area contributed by atoms with Crippen molar-refractivity contribution in [2.45, 2.75) is 23.5 Å². The van der Waals surface area contributed by atoms with Crippen LogP contribution in [0.4, 0.5) is 4.39 Å². The van der Waals surface area contributed by atoms with Crippen LogP contribution in [0.25, 0.3) is 0 Å². The topological polar surface area (TPSA) is 75.4 Å². The molecule has 22 heavy (non-hydrogen) atoms. The molecule has 1 aromatic heterocycles. The molecule has 1 aliphatic rings. The van der Waals surface area contributed by atoms with Gasteiger partial charge in [0.1, 0.15) is 10.7 Å². The quantitative estimate of drug-likeness (QED) is 0.915. The molecule has 1 saturated heterocycles. The Morgan fingerprint density at radius 1 is 1.32 bits per heavy atom. The number of benzene rings is 1. The Morgan fingerprint density at radius 3 is 2.59 bits per heavy atom. The van der Waals surface area contributed by atoms with E-state index in [1.807, 2.05) is 0 Å². The molecule has 2 atom stereocenters. The Morgan fingerprint density at radius 2 is 2.00 bits per heavy atom. The molecule has 1 aromatic carbocycles. The van der Waals surface area contributed by atoms with E-state index in [2.05, 4.69) is 5.10 Å². The highest BCUT2D eigenvalue weighted by atomic mass is 32.2. The first kappa shape index (κ1) is 15.1. The molecule has 0 saturated carbocycles. The Bertz CT molecular complexity index is 773. The first-order chi connectivity index (χ1) is 10.4. The zero-order valence-electron chi connectivity index (χ0n) is 11.9. The predicted octanol–water partition coefficient (Wildman–Crippen LogP) is 1.06. The molecule has 0 radical (unpaired) electrons. The van der Waals surface area contributed by atoms with Crippen molar-refractivity contribution in [3.63, 3.8) is 0 Å². The number of rotatable bonds is 3. The highest BCUT2D eigenvalue weighted by molar-refractivity contribution is 7.89. The average molecular weight is 325 g/mol. The zero-order valence-corrected chi connectivity index (χ0v) is 12.7. The van der Waals surface area contributed by atoms with Gasteiger partial charge in [-0.1, -0.05) is 12.1 Å². The predicted molar refractivity (Wildman–Crippen MR) is 76.9 cm³/mol. The van der Waals surface area contributed by atoms with Gasteiger partial charge in [0.05, 0.1) is 18.3 Å². The van der Waals surface area contributed by atoms with E-state index >= 15 is 0 Å². The van der Waals surface area contributed by atoms with Crippen LogP contribution in [-0.2, 0) is 17.1 Å². The summed E-state index contributed by atoms with van der Waals surface area (Å²) >= 11 is 0. The number of hydrogen-bond donors (Lipinski definition) is 1. The molecule has 3 rings (SSSR count). The van der Waals surface area contributed by atoms with E-state index in [-0.39, 0.29) is 23.7 Å². The van der Waals surface area contributed by atoms with Crippen LogP contribution in [0.15, 0.2) is 41.6 Å². The van der Waals surface area contributed by atoms with Crippen molar-refractivity contribution >= 4 is 10.0 Å². The lowest BCUT2D eigenvalue weighted by Gasteiger charge is -2.23. The minimum Gasteiger partial charge on any atom is -0.392 e. The van der Waals surface area contributed by atoms with Crippen LogP contribution in [0, 0.1) is 5.82 Å². The maximum absolute atomic E-state index is 13.1. The van der Waals surface area contributed by atoms with Crippen LogP contribution in [0.5, 0.6) is 0 Å². The van der Waals surface area contributed by atoms with Gasteiger partial charge >= 0.3 is 0 Å². The number of β-amino-alcohol motifs (C(OH)–C–C–N with tert-alkyl or cyclic N) is 1. The molecular weight excluding hydrogens is 309 g/mol. The van der Waals surface area contributed by atoms with Crippen molar-refractivity contribution < 1.29 is 17.9 Å². The van der Waals surface area contributed by atoms with Gasteiger partial charge in [0, 0.05) is 19.8 Å². The molecule has 8 heteroatoms. The maximum atomic E-state index is 13.1. The second-order valence-corrected chi connectivity index (χ2v) is 7.27. The van der Waals surface area contributed by atoms with Crippen LogP contribution >= 0.6 is 0 Å². The summed E-state index contributed by atoms with van der Waals surface area (Å²) in [6.07, 6.45) is 2.23. The first-order valence-electron chi connectivity index (χ1n) is 6.82. The molecule has 0 amide bonds. The van der Waals surface area contributed by atoms with Gasteiger partial charge < -0.3 is 5.11 Å². The Hall–Kier alpha value is -1.77. The Balaban J connectivity index is 1.98. The third-order valence-corrected chi connectivity index (χ3v) is 5.60. The second kappa shape index (κ2) is 5.45. The summed E-state index contributed by atoms with van der Waals surface area (Å²) in [6, 6.07) is 5.15. The summed E-state index contributed by atoms with van der Waals surface area (Å²) in [6.45, 7) is 0.0132. The number of aryl methyl sites for hydroxylation is 1. The molecule has 2 aromatic rings. The smallest absolute Gasteiger partial charge is 0.246 e. The van der Waals surface area contributed by atoms with Gasteiger partial charge in [-0.3, -0.25) is 4.68 Å². The van der Waals surface area contributed by atoms with E-state index in [1.165, 1.54) is 33.5 Å². The van der Waals surface area contributed by atoms with Crippen molar-refractivity contribution in [3.05, 3.63) is 48.0 Å². The lowest BCUT2D eigenvalue weighted by Crippen LogP contribution is -2.31. The first-order valence-corrected chi connectivity index (χ1v) is 8.26. The minimum atomic E-state index is -3.76. The molecule has 6 nitrogen and oxygen atoms in total. The molecule has 1 N–H and O–H groups in total. The molecule has 1 fully saturated rings. The number of sulfonamides is 1. The SMILES string of the molecule is Cn1cc(S(=O)(=O)N2C[C@@H](O)C[C@H]2c2ccc(F)cc2)cn1. The van der Waals surface area contributed by atoms with Crippen LogP contribution < -0.4 is 0 Å². The van der Waals surface area contributed by atoms with Crippen LogP contribution in [-0.4, -0.2) is 40.3 Å². The number of aliphatic hydroxyl groups excluding tert-OH is 1. The highest BCUT2D eigenvalue weighted by Crippen LogP contribution is 2.36. The summed E-state index contributed by atoms with van der Waals surface area (Å²) in [4.78, 5) is 0.0798. The number of nitrogens with zero attached hydrogens (tertiary/aromatic N) is 3. The summed E-state index contributed by atoms with van der Waals surface area (Å²) in [5, 5.41) is 13.8. The van der Waals surface area contributed by atoms with Gasteiger partial charge in [-0.05, 0) is 24.1 Å². The van der Waals surface area contributed by atoms with Crippen molar-refractivity contribution in [3.8, 4) is 0 Å². The monoisotopic (exact) mass is 325 g/mol. The van der Waals surface area contributed by atoms with E-state index in [0.717, 1.165) is 0 Å². The van der Waals surface area contributed by atoms with Crippen molar-refractivity contribution in [1.82, 2.24) is 14.1 Å². The van der Waals surface area contributed by atoms with Gasteiger partial charge in [0.2, 0.25) is 10.0 Å². The molecule has 2 heterocycles. The van der Waals surface area contributed by atoms with Crippen molar-refractivity contribution in [1.29, 1.82) is 0 Å². The second-order valence-electron chi connectivity index (χ2n) is 5.38. The normalized spacial score (nSPS) is 23.0. The largest absolute Gasteiger partial charge is 0.392 e. The summed E-state index contributed by atoms with van der Waals surface area (Å²) < 4.78 is 41.2. The number of hydrogen-bond acceptors (Lipinski definition) is 4. The van der Waals surface area contributed by atoms with E-state index in [1.54, 1.807) is 19.2 Å². The van der Waals surface area contributed by atoms with Gasteiger partial charge in [-0.25, -0.2) is 12.8 Å². The minimum absolute atomic E-state index is 0.0132. The van der Waals surface area contributed by atoms with Crippen LogP contribution in [0.3, 0.4) is 0 Å². The molecule has 118 valence electrons. The third-order valence-electron chi connectivity index (χ3n) is 3.78. The standard InChI is InChI=1S/C14H16FN3O3S/c1-17-9-13(7-16-17)22(20,21)18-8-12(19)6-14(18)10-2-4-11(15)5-3-10/h2-5,7,9,12,14,19H,6,8H2,1H3/t12-,14-/m0/s1. The third kappa shape index (κ3) is 2.65. The van der Waals surface area contributed by atoms with E-state index < -0.39 is 22.2 Å². The maximum Gasteiger partial charge on any atom is 0.246 e. The van der Waals surface area contributed by atoms with E-state index in [0.29, 0.717) is 5.56 Å². The van der Waals surface area contributed by atoms with Crippen molar-refractivity contribution in [2.24, 2.45) is 7.05 Å². The Kier molecular flexibility index (Phi) is 3.75. The number of aliphatic hydroxyl groups is 1. The fourth-order valence-corrected chi connectivity index (χ4v) is 4.35. The molecule has 0 bridgehead atoms. The number of aromatic nitrogens is 2. The fourth-order valence-electron chi connectivity index (χ4n) is 2.71. The summed E-state index contributed by atoms with van der Waals surface area (Å²) in [5.74, 6) is -0.385. The van der Waals surface area contributed by atoms with Gasteiger partial charge in [-0.2, -0.15) is 9.40 Å². The molecule has 0 spiro atoms. The lowest BCUT2D eigenvalue weighted by atomic mass is 10.0. The molecule has 0 unspecified atom stereocenters. The molecule has 1 aliphatic heterocycles. The Labute approximate surface area is 127 Å². The average Bonchev–Trinajstić information content (AvgIpc) is 3.06. The van der Waals surface area contributed by atoms with Crippen LogP contribution in [0.2, 0.25) is 0 Å². The molecule has 0 aliphatic carbocycles. The zero-order chi connectivity index (χ0) is 15.9. The van der Waals surface area contributed by atoms with Gasteiger partial charge in [-0.15, -0.1) is 0 Å². The van der Waals surface area contributed by atoms with Gasteiger partial charge in [0.25, 0.3) is 0 Å². The fraction of sp³-hybridized carbons (Fsp3) is 0.357. The van der Waals surface area contributed by atoms with Crippen molar-refractivity contribution in [2.75, 3.05) is 6.54 Å². The highest BCUT2D eigenvalue weighted by Gasteiger charge is 2.40. The van der Waals surface area contributed by atoms with E-state index in [4.69, 9.17) is 0 Å². The van der Waals surface area contributed by atoms with Crippen LogP contribution in [0.1, 0.15) is 18.0 Å². The van der Waals surface area contributed by atoms with E-state index in [9.17, 15) is 17.9 Å². The molecular formula is C14H16FN3O3S. The summed E-state index contributed by atoms with van der Waals surface area (Å²) in [5.41, 5.74) is 0.658. The lowest BCUT2D eigenvalue weighted by molar-refractivity contribution is 0.188. The number of halogens is 1. The summed E-state index contributed by atoms with van der Waals surface area (Å²) in [7, 11) is -2.13. The van der Waals surface area contributed by atoms with Gasteiger partial charge in [0.15, 0.2) is 0 Å².